The topological polar surface area (TPSA) is 3.24 Å². The summed E-state index contributed by atoms with van der Waals surface area (Å²) in [6.45, 7) is 15.0. The van der Waals surface area contributed by atoms with Gasteiger partial charge in [0.2, 0.25) is 0 Å². The lowest BCUT2D eigenvalue weighted by Gasteiger charge is -2.27. The number of alkyl halides is 3. The summed E-state index contributed by atoms with van der Waals surface area (Å²) in [5.41, 5.74) is 1.68. The van der Waals surface area contributed by atoms with Crippen LogP contribution in [0.3, 0.4) is 0 Å². The number of halogens is 3. The molecule has 0 bridgehead atoms. The Morgan fingerprint density at radius 1 is 1.21 bits per heavy atom. The summed E-state index contributed by atoms with van der Waals surface area (Å²) in [4.78, 5) is 2.32. The summed E-state index contributed by atoms with van der Waals surface area (Å²) in [6.07, 6.45) is 8.13. The zero-order valence-electron chi connectivity index (χ0n) is 15.5. The van der Waals surface area contributed by atoms with Crippen molar-refractivity contribution in [3.8, 4) is 0 Å². The Bertz CT molecular complexity index is 469. The summed E-state index contributed by atoms with van der Waals surface area (Å²) < 4.78 is 25.8. The van der Waals surface area contributed by atoms with Crippen LogP contribution in [-0.4, -0.2) is 28.5 Å². The van der Waals surface area contributed by atoms with E-state index in [1.807, 2.05) is 33.8 Å². The van der Waals surface area contributed by atoms with Gasteiger partial charge in [-0.3, -0.25) is 4.90 Å². The fourth-order valence-electron chi connectivity index (χ4n) is 3.08. The van der Waals surface area contributed by atoms with E-state index >= 15 is 0 Å². The van der Waals surface area contributed by atoms with Crippen LogP contribution in [0.2, 0.25) is 0 Å². The molecule has 4 heteroatoms. The molecule has 0 unspecified atom stereocenters. The second-order valence-corrected chi connectivity index (χ2v) is 8.58. The summed E-state index contributed by atoms with van der Waals surface area (Å²) in [6, 6.07) is 0. The van der Waals surface area contributed by atoms with E-state index in [9.17, 15) is 8.78 Å². The standard InChI is InChI=1S/C20H32F2IN/c1-6-17(5)18(12-15(2)3)19(20(21,22)23)13-16(4)14-24-10-8-7-9-11-24/h12-13,15,17H,4,6-11,14H2,1-3,5H3/b18-12+,19-13+/t17-/m1/s1. The van der Waals surface area contributed by atoms with E-state index in [1.165, 1.54) is 41.9 Å². The maximum atomic E-state index is 14.3. The highest BCUT2D eigenvalue weighted by Crippen LogP contribution is 2.40. The van der Waals surface area contributed by atoms with Crippen LogP contribution in [0.25, 0.3) is 0 Å². The van der Waals surface area contributed by atoms with Gasteiger partial charge in [-0.15, -0.1) is 0 Å². The third-order valence-corrected chi connectivity index (χ3v) is 5.08. The first-order valence-electron chi connectivity index (χ1n) is 9.06. The molecule has 1 nitrogen and oxygen atoms in total. The van der Waals surface area contributed by atoms with Gasteiger partial charge in [-0.2, -0.15) is 8.78 Å². The Labute approximate surface area is 160 Å². The van der Waals surface area contributed by atoms with Gasteiger partial charge in [0.25, 0.3) is 0 Å². The fraction of sp³-hybridized carbons (Fsp3) is 0.700. The fourth-order valence-corrected chi connectivity index (χ4v) is 3.55. The Morgan fingerprint density at radius 3 is 2.25 bits per heavy atom. The summed E-state index contributed by atoms with van der Waals surface area (Å²) in [5, 5.41) is 0. The second kappa shape index (κ2) is 10.0. The van der Waals surface area contributed by atoms with E-state index in [-0.39, 0.29) is 17.4 Å². The van der Waals surface area contributed by atoms with Crippen LogP contribution in [0.4, 0.5) is 8.78 Å². The molecule has 1 atom stereocenters. The molecule has 24 heavy (non-hydrogen) atoms. The molecule has 0 aromatic heterocycles. The molecule has 0 saturated carbocycles. The molecular weight excluding hydrogens is 419 g/mol. The van der Waals surface area contributed by atoms with Crippen molar-refractivity contribution >= 4 is 22.6 Å². The van der Waals surface area contributed by atoms with Crippen LogP contribution in [-0.2, 0) is 0 Å². The van der Waals surface area contributed by atoms with Crippen LogP contribution in [0, 0.1) is 11.8 Å². The van der Waals surface area contributed by atoms with Crippen molar-refractivity contribution in [3.05, 3.63) is 35.5 Å². The highest BCUT2D eigenvalue weighted by Gasteiger charge is 2.34. The predicted molar refractivity (Wildman–Crippen MR) is 109 cm³/mol. The van der Waals surface area contributed by atoms with Gasteiger partial charge in [0.1, 0.15) is 0 Å². The maximum Gasteiger partial charge on any atom is 0.321 e. The van der Waals surface area contributed by atoms with Crippen LogP contribution in [0.1, 0.15) is 53.4 Å². The van der Waals surface area contributed by atoms with E-state index in [4.69, 9.17) is 0 Å². The number of piperidine rings is 1. The minimum atomic E-state index is -2.88. The Morgan fingerprint density at radius 2 is 1.79 bits per heavy atom. The van der Waals surface area contributed by atoms with Crippen molar-refractivity contribution in [1.82, 2.24) is 4.90 Å². The number of likely N-dealkylation sites (tertiary alicyclic amines) is 1. The summed E-state index contributed by atoms with van der Waals surface area (Å²) in [7, 11) is 0. The van der Waals surface area contributed by atoms with Crippen LogP contribution >= 0.6 is 22.6 Å². The van der Waals surface area contributed by atoms with Gasteiger partial charge in [0.15, 0.2) is 0 Å². The van der Waals surface area contributed by atoms with Gasteiger partial charge in [0.05, 0.1) is 0 Å². The van der Waals surface area contributed by atoms with E-state index < -0.39 is 3.93 Å². The van der Waals surface area contributed by atoms with E-state index in [0.717, 1.165) is 30.7 Å². The maximum absolute atomic E-state index is 14.3. The quantitative estimate of drug-likeness (QED) is 0.228. The predicted octanol–water partition coefficient (Wildman–Crippen LogP) is 6.61. The molecule has 138 valence electrons. The third kappa shape index (κ3) is 7.34. The number of allylic oxidation sites excluding steroid dienone is 3. The lowest BCUT2D eigenvalue weighted by Crippen LogP contribution is -2.31. The summed E-state index contributed by atoms with van der Waals surface area (Å²) in [5.74, 6) is 0.355. The SMILES string of the molecule is C=C(/C=C(\C(=C\C(C)C)[C@H](C)CC)C(F)(F)I)CN1CCCCC1. The smallest absolute Gasteiger partial charge is 0.299 e. The zero-order valence-corrected chi connectivity index (χ0v) is 17.7. The number of rotatable bonds is 8. The number of hydrogen-bond donors (Lipinski definition) is 0. The molecule has 1 aliphatic heterocycles. The van der Waals surface area contributed by atoms with Crippen LogP contribution < -0.4 is 0 Å². The molecule has 1 saturated heterocycles. The Kier molecular flexibility index (Phi) is 9.13. The average molecular weight is 451 g/mol. The minimum absolute atomic E-state index is 0.113. The first-order chi connectivity index (χ1) is 11.1. The molecule has 1 aliphatic rings. The van der Waals surface area contributed by atoms with Gasteiger partial charge in [-0.25, -0.2) is 0 Å². The highest BCUT2D eigenvalue weighted by molar-refractivity contribution is 14.1. The van der Waals surface area contributed by atoms with E-state index in [1.54, 1.807) is 6.08 Å². The van der Waals surface area contributed by atoms with Gasteiger partial charge in [-0.05, 0) is 61.4 Å². The van der Waals surface area contributed by atoms with Crippen molar-refractivity contribution in [2.45, 2.75) is 57.3 Å². The third-order valence-electron chi connectivity index (χ3n) is 4.50. The molecule has 0 spiro atoms. The first-order valence-corrected chi connectivity index (χ1v) is 10.1. The molecule has 0 N–H and O–H groups in total. The largest absolute Gasteiger partial charge is 0.321 e. The van der Waals surface area contributed by atoms with Crippen molar-refractivity contribution in [3.63, 3.8) is 0 Å². The molecule has 1 fully saturated rings. The molecule has 0 aromatic carbocycles. The van der Waals surface area contributed by atoms with Crippen molar-refractivity contribution in [2.24, 2.45) is 11.8 Å². The number of hydrogen-bond acceptors (Lipinski definition) is 1. The average Bonchev–Trinajstić information content (AvgIpc) is 2.49. The first kappa shape index (κ1) is 21.8. The second-order valence-electron chi connectivity index (χ2n) is 7.23. The monoisotopic (exact) mass is 451 g/mol. The lowest BCUT2D eigenvalue weighted by molar-refractivity contribution is 0.169. The number of nitrogens with zero attached hydrogens (tertiary/aromatic N) is 1. The molecule has 0 aromatic rings. The summed E-state index contributed by atoms with van der Waals surface area (Å²) >= 11 is 1.26. The van der Waals surface area contributed by atoms with Gasteiger partial charge in [-0.1, -0.05) is 46.8 Å². The molecular formula is C20H32F2IN. The molecule has 1 heterocycles. The van der Waals surface area contributed by atoms with Crippen molar-refractivity contribution in [2.75, 3.05) is 19.6 Å². The molecule has 1 rings (SSSR count). The minimum Gasteiger partial charge on any atom is -0.299 e. The van der Waals surface area contributed by atoms with Gasteiger partial charge < -0.3 is 0 Å². The molecule has 0 radical (unpaired) electrons. The Hall–Kier alpha value is -0.230. The molecule has 0 aliphatic carbocycles. The Balaban J connectivity index is 3.07. The van der Waals surface area contributed by atoms with E-state index in [2.05, 4.69) is 11.5 Å². The van der Waals surface area contributed by atoms with E-state index in [0.29, 0.717) is 6.54 Å². The lowest BCUT2D eigenvalue weighted by atomic mass is 9.88. The van der Waals surface area contributed by atoms with Crippen molar-refractivity contribution in [1.29, 1.82) is 0 Å². The van der Waals surface area contributed by atoms with Gasteiger partial charge >= 0.3 is 3.93 Å². The molecule has 0 amide bonds. The zero-order chi connectivity index (χ0) is 18.3. The van der Waals surface area contributed by atoms with Crippen LogP contribution in [0.15, 0.2) is 35.5 Å². The normalized spacial score (nSPS) is 19.7. The van der Waals surface area contributed by atoms with Crippen molar-refractivity contribution < 1.29 is 8.78 Å². The van der Waals surface area contributed by atoms with Gasteiger partial charge in [0, 0.05) is 34.7 Å². The highest BCUT2D eigenvalue weighted by atomic mass is 127. The van der Waals surface area contributed by atoms with Crippen LogP contribution in [0.5, 0.6) is 0 Å².